The van der Waals surface area contributed by atoms with Crippen LogP contribution in [-0.4, -0.2) is 27.2 Å². The predicted molar refractivity (Wildman–Crippen MR) is 119 cm³/mol. The summed E-state index contributed by atoms with van der Waals surface area (Å²) >= 11 is 1.56. The summed E-state index contributed by atoms with van der Waals surface area (Å²) in [6.45, 7) is 1.95. The zero-order valence-electron chi connectivity index (χ0n) is 17.6. The SMILES string of the molecule is COc1cc(C(C)NC(=O)c2cc3c(s2)-c2ccccc2CC3)cc(OC)c1OC. The van der Waals surface area contributed by atoms with Crippen molar-refractivity contribution in [2.24, 2.45) is 0 Å². The molecule has 1 unspecified atom stereocenters. The largest absolute Gasteiger partial charge is 0.493 e. The molecule has 1 heterocycles. The van der Waals surface area contributed by atoms with Gasteiger partial charge in [0.2, 0.25) is 5.75 Å². The van der Waals surface area contributed by atoms with Crippen LogP contribution in [-0.2, 0) is 12.8 Å². The van der Waals surface area contributed by atoms with E-state index in [-0.39, 0.29) is 11.9 Å². The summed E-state index contributed by atoms with van der Waals surface area (Å²) in [6, 6.07) is 14.0. The van der Waals surface area contributed by atoms with Gasteiger partial charge in [-0.25, -0.2) is 0 Å². The number of carbonyl (C=O) groups excluding carboxylic acids is 1. The first-order valence-electron chi connectivity index (χ1n) is 9.87. The Kier molecular flexibility index (Phi) is 5.68. The lowest BCUT2D eigenvalue weighted by Crippen LogP contribution is -2.26. The van der Waals surface area contributed by atoms with Crippen molar-refractivity contribution < 1.29 is 19.0 Å². The van der Waals surface area contributed by atoms with Crippen molar-refractivity contribution in [1.29, 1.82) is 0 Å². The molecule has 1 N–H and O–H groups in total. The zero-order chi connectivity index (χ0) is 21.3. The fourth-order valence-corrected chi connectivity index (χ4v) is 5.06. The molecule has 1 aliphatic rings. The number of thiophene rings is 1. The van der Waals surface area contributed by atoms with Gasteiger partial charge in [0.15, 0.2) is 11.5 Å². The summed E-state index contributed by atoms with van der Waals surface area (Å²) < 4.78 is 16.2. The number of aryl methyl sites for hydroxylation is 2. The lowest BCUT2D eigenvalue weighted by Gasteiger charge is -2.18. The van der Waals surface area contributed by atoms with Gasteiger partial charge in [-0.3, -0.25) is 4.79 Å². The molecule has 0 saturated carbocycles. The molecule has 0 bridgehead atoms. The minimum Gasteiger partial charge on any atom is -0.493 e. The summed E-state index contributed by atoms with van der Waals surface area (Å²) in [7, 11) is 4.73. The maximum Gasteiger partial charge on any atom is 0.261 e. The molecule has 5 nitrogen and oxygen atoms in total. The van der Waals surface area contributed by atoms with Crippen molar-refractivity contribution in [2.45, 2.75) is 25.8 Å². The highest BCUT2D eigenvalue weighted by Gasteiger charge is 2.23. The highest BCUT2D eigenvalue weighted by Crippen LogP contribution is 2.41. The number of ether oxygens (including phenoxy) is 3. The second kappa shape index (κ2) is 8.40. The summed E-state index contributed by atoms with van der Waals surface area (Å²) in [5.74, 6) is 1.59. The topological polar surface area (TPSA) is 56.8 Å². The lowest BCUT2D eigenvalue weighted by atomic mass is 9.91. The lowest BCUT2D eigenvalue weighted by molar-refractivity contribution is 0.0944. The molecule has 0 saturated heterocycles. The van der Waals surface area contributed by atoms with Crippen LogP contribution < -0.4 is 19.5 Å². The normalized spacial score (nSPS) is 13.1. The second-order valence-corrected chi connectivity index (χ2v) is 8.33. The van der Waals surface area contributed by atoms with Crippen LogP contribution in [0.1, 0.15) is 39.3 Å². The molecule has 0 fully saturated rings. The van der Waals surface area contributed by atoms with Gasteiger partial charge in [0.05, 0.1) is 32.2 Å². The summed E-state index contributed by atoms with van der Waals surface area (Å²) in [5.41, 5.74) is 4.74. The van der Waals surface area contributed by atoms with Crippen LogP contribution in [0, 0.1) is 0 Å². The Morgan fingerprint density at radius 2 is 1.63 bits per heavy atom. The van der Waals surface area contributed by atoms with Crippen molar-refractivity contribution in [3.8, 4) is 27.7 Å². The number of nitrogens with one attached hydrogen (secondary N) is 1. The van der Waals surface area contributed by atoms with E-state index in [2.05, 4.69) is 29.6 Å². The molecule has 6 heteroatoms. The van der Waals surface area contributed by atoms with Crippen LogP contribution in [0.5, 0.6) is 17.2 Å². The molecule has 2 aromatic carbocycles. The van der Waals surface area contributed by atoms with Gasteiger partial charge in [0.25, 0.3) is 5.91 Å². The maximum absolute atomic E-state index is 13.0. The summed E-state index contributed by atoms with van der Waals surface area (Å²) in [4.78, 5) is 14.9. The third-order valence-electron chi connectivity index (χ3n) is 5.49. The minimum absolute atomic E-state index is 0.0758. The summed E-state index contributed by atoms with van der Waals surface area (Å²) in [6.07, 6.45) is 1.99. The average molecular weight is 424 g/mol. The molecular weight excluding hydrogens is 398 g/mol. The first-order chi connectivity index (χ1) is 14.5. The number of rotatable bonds is 6. The second-order valence-electron chi connectivity index (χ2n) is 7.28. The maximum atomic E-state index is 13.0. The molecule has 0 spiro atoms. The van der Waals surface area contributed by atoms with Crippen LogP contribution in [0.25, 0.3) is 10.4 Å². The minimum atomic E-state index is -0.224. The smallest absolute Gasteiger partial charge is 0.261 e. The van der Waals surface area contributed by atoms with Gasteiger partial charge in [0.1, 0.15) is 0 Å². The van der Waals surface area contributed by atoms with Crippen molar-refractivity contribution in [1.82, 2.24) is 5.32 Å². The molecular formula is C24H25NO4S. The standard InChI is InChI=1S/C24H25NO4S/c1-14(17-11-19(27-2)22(29-4)20(12-17)28-3)25-24(26)21-13-16-10-9-15-7-5-6-8-18(15)23(16)30-21/h5-8,11-14H,9-10H2,1-4H3,(H,25,26). The van der Waals surface area contributed by atoms with E-state index in [0.29, 0.717) is 17.2 Å². The van der Waals surface area contributed by atoms with E-state index in [4.69, 9.17) is 14.2 Å². The van der Waals surface area contributed by atoms with Crippen molar-refractivity contribution in [3.63, 3.8) is 0 Å². The van der Waals surface area contributed by atoms with Crippen LogP contribution in [0.2, 0.25) is 0 Å². The number of methoxy groups -OCH3 is 3. The van der Waals surface area contributed by atoms with Crippen LogP contribution >= 0.6 is 11.3 Å². The van der Waals surface area contributed by atoms with Gasteiger partial charge in [-0.1, -0.05) is 24.3 Å². The number of amides is 1. The van der Waals surface area contributed by atoms with Gasteiger partial charge < -0.3 is 19.5 Å². The van der Waals surface area contributed by atoms with Crippen molar-refractivity contribution in [2.75, 3.05) is 21.3 Å². The Morgan fingerprint density at radius 3 is 2.30 bits per heavy atom. The number of hydrogen-bond donors (Lipinski definition) is 1. The first kappa shape index (κ1) is 20.3. The van der Waals surface area contributed by atoms with Gasteiger partial charge in [-0.2, -0.15) is 0 Å². The Hall–Kier alpha value is -2.99. The van der Waals surface area contributed by atoms with Gasteiger partial charge in [0, 0.05) is 4.88 Å². The number of fused-ring (bicyclic) bond motifs is 3. The molecule has 3 aromatic rings. The van der Waals surface area contributed by atoms with Crippen molar-refractivity contribution in [3.05, 3.63) is 64.0 Å². The molecule has 1 atom stereocenters. The molecule has 4 rings (SSSR count). The highest BCUT2D eigenvalue weighted by atomic mass is 32.1. The van der Waals surface area contributed by atoms with Crippen LogP contribution in [0.3, 0.4) is 0 Å². The zero-order valence-corrected chi connectivity index (χ0v) is 18.4. The summed E-state index contributed by atoms with van der Waals surface area (Å²) in [5, 5.41) is 3.11. The quantitative estimate of drug-likeness (QED) is 0.604. The fourth-order valence-electron chi connectivity index (χ4n) is 3.89. The Bertz CT molecular complexity index is 1060. The van der Waals surface area contributed by atoms with E-state index in [0.717, 1.165) is 23.3 Å². The Morgan fingerprint density at radius 1 is 0.967 bits per heavy atom. The van der Waals surface area contributed by atoms with E-state index in [1.54, 1.807) is 32.7 Å². The van der Waals surface area contributed by atoms with Crippen LogP contribution in [0.4, 0.5) is 0 Å². The molecule has 0 radical (unpaired) electrons. The van der Waals surface area contributed by atoms with E-state index in [1.165, 1.54) is 21.6 Å². The third kappa shape index (κ3) is 3.63. The van der Waals surface area contributed by atoms with E-state index in [9.17, 15) is 4.79 Å². The monoisotopic (exact) mass is 423 g/mol. The highest BCUT2D eigenvalue weighted by molar-refractivity contribution is 7.17. The Labute approximate surface area is 180 Å². The molecule has 0 aliphatic heterocycles. The van der Waals surface area contributed by atoms with Gasteiger partial charge in [-0.15, -0.1) is 11.3 Å². The first-order valence-corrected chi connectivity index (χ1v) is 10.7. The molecule has 1 aliphatic carbocycles. The Balaban J connectivity index is 1.58. The predicted octanol–water partition coefficient (Wildman–Crippen LogP) is 5.03. The molecule has 30 heavy (non-hydrogen) atoms. The van der Waals surface area contributed by atoms with Crippen LogP contribution in [0.15, 0.2) is 42.5 Å². The average Bonchev–Trinajstić information content (AvgIpc) is 3.23. The van der Waals surface area contributed by atoms with Gasteiger partial charge in [-0.05, 0) is 60.2 Å². The van der Waals surface area contributed by atoms with Gasteiger partial charge >= 0.3 is 0 Å². The molecule has 1 aromatic heterocycles. The molecule has 1 amide bonds. The van der Waals surface area contributed by atoms with Crippen molar-refractivity contribution >= 4 is 17.2 Å². The number of carbonyl (C=O) groups is 1. The number of hydrogen-bond acceptors (Lipinski definition) is 5. The number of benzene rings is 2. The molecule has 156 valence electrons. The van der Waals surface area contributed by atoms with E-state index < -0.39 is 0 Å². The fraction of sp³-hybridized carbons (Fsp3) is 0.292. The third-order valence-corrected chi connectivity index (χ3v) is 6.70. The van der Waals surface area contributed by atoms with E-state index in [1.807, 2.05) is 25.1 Å². The van der Waals surface area contributed by atoms with E-state index >= 15 is 0 Å².